The topological polar surface area (TPSA) is 55.1 Å². The zero-order valence-corrected chi connectivity index (χ0v) is 10.4. The predicted molar refractivity (Wildman–Crippen MR) is 63.5 cm³/mol. The predicted octanol–water partition coefficient (Wildman–Crippen LogP) is 1.37. The van der Waals surface area contributed by atoms with Crippen molar-refractivity contribution >= 4 is 17.7 Å². The van der Waals surface area contributed by atoms with Gasteiger partial charge in [-0.05, 0) is 17.4 Å². The van der Waals surface area contributed by atoms with E-state index in [-0.39, 0.29) is 11.9 Å². The summed E-state index contributed by atoms with van der Waals surface area (Å²) in [5, 5.41) is 3.78. The van der Waals surface area contributed by atoms with Crippen LogP contribution in [0.15, 0.2) is 0 Å². The molecule has 0 aliphatic carbocycles. The molecule has 4 heteroatoms. The maximum Gasteiger partial charge on any atom is 0.234 e. The van der Waals surface area contributed by atoms with E-state index in [1.54, 1.807) is 0 Å². The number of rotatable bonds is 7. The Hall–Kier alpha value is -0.220. The molecule has 0 aliphatic heterocycles. The number of thioether (sulfide) groups is 1. The van der Waals surface area contributed by atoms with Gasteiger partial charge in [-0.25, -0.2) is 0 Å². The molecule has 0 rings (SSSR count). The van der Waals surface area contributed by atoms with E-state index in [1.165, 1.54) is 0 Å². The van der Waals surface area contributed by atoms with Crippen molar-refractivity contribution in [2.75, 3.05) is 5.75 Å². The maximum atomic E-state index is 11.1. The number of carbonyl (C=O) groups is 1. The Morgan fingerprint density at radius 3 is 2.29 bits per heavy atom. The van der Waals surface area contributed by atoms with Crippen molar-refractivity contribution < 1.29 is 4.79 Å². The van der Waals surface area contributed by atoms with Gasteiger partial charge in [0.2, 0.25) is 5.91 Å². The average molecular weight is 218 g/mol. The third kappa shape index (κ3) is 7.21. The number of carbonyl (C=O) groups excluding carboxylic acids is 1. The zero-order valence-electron chi connectivity index (χ0n) is 9.54. The highest BCUT2D eigenvalue weighted by Gasteiger charge is 2.15. The molecular formula is C10H22N2OS. The maximum absolute atomic E-state index is 11.1. The molecule has 0 saturated carbocycles. The van der Waals surface area contributed by atoms with Crippen LogP contribution in [0.5, 0.6) is 0 Å². The van der Waals surface area contributed by atoms with Crippen LogP contribution in [0.2, 0.25) is 0 Å². The van der Waals surface area contributed by atoms with Crippen molar-refractivity contribution in [3.8, 4) is 0 Å². The van der Waals surface area contributed by atoms with Crippen molar-refractivity contribution in [2.45, 2.75) is 51.4 Å². The SMILES string of the molecule is CC(C)NC(CCSC(C)C)C(N)=O. The molecule has 1 atom stereocenters. The Bertz CT molecular complexity index is 172. The van der Waals surface area contributed by atoms with Gasteiger partial charge in [0.15, 0.2) is 0 Å². The highest BCUT2D eigenvalue weighted by Crippen LogP contribution is 2.11. The lowest BCUT2D eigenvalue weighted by Crippen LogP contribution is -2.44. The second kappa shape index (κ2) is 7.12. The molecule has 1 unspecified atom stereocenters. The lowest BCUT2D eigenvalue weighted by molar-refractivity contribution is -0.120. The van der Waals surface area contributed by atoms with Crippen LogP contribution in [0.1, 0.15) is 34.1 Å². The molecule has 0 bridgehead atoms. The second-order valence-electron chi connectivity index (χ2n) is 3.98. The van der Waals surface area contributed by atoms with Crippen LogP contribution in [0.25, 0.3) is 0 Å². The van der Waals surface area contributed by atoms with Gasteiger partial charge in [-0.1, -0.05) is 27.7 Å². The van der Waals surface area contributed by atoms with Gasteiger partial charge in [0.25, 0.3) is 0 Å². The van der Waals surface area contributed by atoms with E-state index in [0.717, 1.165) is 12.2 Å². The summed E-state index contributed by atoms with van der Waals surface area (Å²) < 4.78 is 0. The first-order valence-electron chi connectivity index (χ1n) is 5.10. The Balaban J connectivity index is 3.80. The minimum Gasteiger partial charge on any atom is -0.368 e. The molecular weight excluding hydrogens is 196 g/mol. The third-order valence-electron chi connectivity index (χ3n) is 1.74. The molecule has 0 fully saturated rings. The molecule has 0 aromatic rings. The van der Waals surface area contributed by atoms with Crippen LogP contribution in [-0.2, 0) is 4.79 Å². The van der Waals surface area contributed by atoms with Crippen molar-refractivity contribution in [3.63, 3.8) is 0 Å². The van der Waals surface area contributed by atoms with Gasteiger partial charge in [-0.2, -0.15) is 11.8 Å². The fourth-order valence-corrected chi connectivity index (χ4v) is 1.97. The summed E-state index contributed by atoms with van der Waals surface area (Å²) in [6.45, 7) is 8.34. The van der Waals surface area contributed by atoms with Gasteiger partial charge in [-0.15, -0.1) is 0 Å². The molecule has 84 valence electrons. The second-order valence-corrected chi connectivity index (χ2v) is 5.67. The van der Waals surface area contributed by atoms with Crippen LogP contribution >= 0.6 is 11.8 Å². The highest BCUT2D eigenvalue weighted by molar-refractivity contribution is 7.99. The van der Waals surface area contributed by atoms with Crippen LogP contribution < -0.4 is 11.1 Å². The summed E-state index contributed by atoms with van der Waals surface area (Å²) in [4.78, 5) is 11.1. The molecule has 0 heterocycles. The smallest absolute Gasteiger partial charge is 0.234 e. The molecule has 14 heavy (non-hydrogen) atoms. The summed E-state index contributed by atoms with van der Waals surface area (Å²) in [5.41, 5.74) is 5.29. The highest BCUT2D eigenvalue weighted by atomic mass is 32.2. The number of nitrogens with two attached hydrogens (primary N) is 1. The Kier molecular flexibility index (Phi) is 7.01. The lowest BCUT2D eigenvalue weighted by Gasteiger charge is -2.18. The summed E-state index contributed by atoms with van der Waals surface area (Å²) in [5.74, 6) is 0.730. The minimum absolute atomic E-state index is 0.179. The van der Waals surface area contributed by atoms with Crippen molar-refractivity contribution in [2.24, 2.45) is 5.73 Å². The van der Waals surface area contributed by atoms with Crippen molar-refractivity contribution in [1.82, 2.24) is 5.32 Å². The first-order chi connectivity index (χ1) is 6.43. The summed E-state index contributed by atoms with van der Waals surface area (Å²) >= 11 is 1.86. The van der Waals surface area contributed by atoms with Gasteiger partial charge in [0, 0.05) is 6.04 Å². The number of hydrogen-bond donors (Lipinski definition) is 2. The zero-order chi connectivity index (χ0) is 11.1. The Morgan fingerprint density at radius 2 is 1.93 bits per heavy atom. The van der Waals surface area contributed by atoms with E-state index in [9.17, 15) is 4.79 Å². The molecule has 0 spiro atoms. The van der Waals surface area contributed by atoms with Crippen molar-refractivity contribution in [1.29, 1.82) is 0 Å². The van der Waals surface area contributed by atoms with E-state index in [4.69, 9.17) is 5.73 Å². The van der Waals surface area contributed by atoms with Gasteiger partial charge in [0.05, 0.1) is 6.04 Å². The normalized spacial score (nSPS) is 13.6. The van der Waals surface area contributed by atoms with E-state index < -0.39 is 0 Å². The Morgan fingerprint density at radius 1 is 1.36 bits per heavy atom. The van der Waals surface area contributed by atoms with Gasteiger partial charge < -0.3 is 11.1 Å². The number of nitrogens with one attached hydrogen (secondary N) is 1. The molecule has 3 nitrogen and oxygen atoms in total. The molecule has 0 aromatic carbocycles. The molecule has 0 aliphatic rings. The third-order valence-corrected chi connectivity index (χ3v) is 2.87. The quantitative estimate of drug-likeness (QED) is 0.678. The van der Waals surface area contributed by atoms with Crippen LogP contribution in [-0.4, -0.2) is 29.0 Å². The first kappa shape index (κ1) is 13.8. The van der Waals surface area contributed by atoms with E-state index >= 15 is 0 Å². The van der Waals surface area contributed by atoms with Gasteiger partial charge in [-0.3, -0.25) is 4.79 Å². The first-order valence-corrected chi connectivity index (χ1v) is 6.15. The van der Waals surface area contributed by atoms with E-state index in [1.807, 2.05) is 25.6 Å². The Labute approximate surface area is 91.2 Å². The lowest BCUT2D eigenvalue weighted by atomic mass is 10.2. The molecule has 0 radical (unpaired) electrons. The molecule has 1 amide bonds. The molecule has 3 N–H and O–H groups in total. The van der Waals surface area contributed by atoms with Gasteiger partial charge in [0.1, 0.15) is 0 Å². The van der Waals surface area contributed by atoms with E-state index in [0.29, 0.717) is 11.3 Å². The number of hydrogen-bond acceptors (Lipinski definition) is 3. The molecule has 0 saturated heterocycles. The summed E-state index contributed by atoms with van der Waals surface area (Å²) in [7, 11) is 0. The fraction of sp³-hybridized carbons (Fsp3) is 0.900. The van der Waals surface area contributed by atoms with E-state index in [2.05, 4.69) is 19.2 Å². The minimum atomic E-state index is -0.247. The summed E-state index contributed by atoms with van der Waals surface area (Å²) in [6, 6.07) is 0.123. The van der Waals surface area contributed by atoms with Gasteiger partial charge >= 0.3 is 0 Å². The number of amides is 1. The monoisotopic (exact) mass is 218 g/mol. The van der Waals surface area contributed by atoms with Crippen LogP contribution in [0.3, 0.4) is 0 Å². The standard InChI is InChI=1S/C10H22N2OS/c1-7(2)12-9(10(11)13)5-6-14-8(3)4/h7-9,12H,5-6H2,1-4H3,(H2,11,13). The number of primary amides is 1. The van der Waals surface area contributed by atoms with Crippen LogP contribution in [0, 0.1) is 0 Å². The summed E-state index contributed by atoms with van der Waals surface area (Å²) in [6.07, 6.45) is 0.816. The largest absolute Gasteiger partial charge is 0.368 e. The average Bonchev–Trinajstić information content (AvgIpc) is 2.00. The van der Waals surface area contributed by atoms with Crippen molar-refractivity contribution in [3.05, 3.63) is 0 Å². The van der Waals surface area contributed by atoms with Crippen LogP contribution in [0.4, 0.5) is 0 Å². The molecule has 0 aromatic heterocycles. The fourth-order valence-electron chi connectivity index (χ4n) is 1.13.